The number of hydrogen-bond donors (Lipinski definition) is 2. The van der Waals surface area contributed by atoms with Gasteiger partial charge < -0.3 is 20.1 Å². The highest BCUT2D eigenvalue weighted by Crippen LogP contribution is 2.22. The third kappa shape index (κ3) is 4.38. The minimum atomic E-state index is 0.611. The van der Waals surface area contributed by atoms with Crippen molar-refractivity contribution in [1.29, 1.82) is 0 Å². The van der Waals surface area contributed by atoms with Gasteiger partial charge in [0, 0.05) is 29.9 Å². The molecule has 0 fully saturated rings. The first-order valence-corrected chi connectivity index (χ1v) is 7.87. The van der Waals surface area contributed by atoms with Gasteiger partial charge in [0.25, 0.3) is 0 Å². The topological polar surface area (TPSA) is 68.3 Å². The summed E-state index contributed by atoms with van der Waals surface area (Å²) in [5.41, 5.74) is 1.96. The van der Waals surface area contributed by atoms with Gasteiger partial charge in [-0.25, -0.2) is 9.97 Å². The summed E-state index contributed by atoms with van der Waals surface area (Å²) in [4.78, 5) is 8.51. The van der Waals surface area contributed by atoms with Crippen LogP contribution in [0, 0.1) is 0 Å². The largest absolute Gasteiger partial charge is 0.497 e. The molecule has 0 saturated heterocycles. The number of para-hydroxylation sites is 1. The minimum Gasteiger partial charge on any atom is -0.497 e. The van der Waals surface area contributed by atoms with Crippen molar-refractivity contribution in [2.45, 2.75) is 6.54 Å². The fourth-order valence-electron chi connectivity index (χ4n) is 2.41. The lowest BCUT2D eigenvalue weighted by Gasteiger charge is -2.11. The molecule has 25 heavy (non-hydrogen) atoms. The highest BCUT2D eigenvalue weighted by Gasteiger charge is 2.04. The first-order valence-electron chi connectivity index (χ1n) is 7.87. The molecule has 6 heteroatoms. The van der Waals surface area contributed by atoms with Crippen molar-refractivity contribution >= 4 is 17.3 Å². The zero-order valence-corrected chi connectivity index (χ0v) is 14.2. The van der Waals surface area contributed by atoms with Crippen molar-refractivity contribution < 1.29 is 9.47 Å². The van der Waals surface area contributed by atoms with Crippen LogP contribution >= 0.6 is 0 Å². The van der Waals surface area contributed by atoms with E-state index in [2.05, 4.69) is 20.6 Å². The van der Waals surface area contributed by atoms with Crippen LogP contribution in [0.3, 0.4) is 0 Å². The lowest BCUT2D eigenvalue weighted by atomic mass is 10.2. The monoisotopic (exact) mass is 336 g/mol. The van der Waals surface area contributed by atoms with E-state index in [4.69, 9.17) is 9.47 Å². The number of aromatic nitrogens is 2. The van der Waals surface area contributed by atoms with Gasteiger partial charge in [0.2, 0.25) is 0 Å². The Labute approximate surface area is 146 Å². The van der Waals surface area contributed by atoms with E-state index in [-0.39, 0.29) is 0 Å². The molecule has 2 N–H and O–H groups in total. The number of benzene rings is 2. The zero-order valence-electron chi connectivity index (χ0n) is 14.2. The number of hydrogen-bond acceptors (Lipinski definition) is 6. The molecule has 0 saturated carbocycles. The minimum absolute atomic E-state index is 0.611. The smallest absolute Gasteiger partial charge is 0.135 e. The van der Waals surface area contributed by atoms with E-state index < -0.39 is 0 Å². The normalized spacial score (nSPS) is 10.2. The molecule has 0 radical (unpaired) electrons. The summed E-state index contributed by atoms with van der Waals surface area (Å²) in [6.07, 6.45) is 1.52. The fraction of sp³-hybridized carbons (Fsp3) is 0.158. The molecule has 0 aliphatic carbocycles. The summed E-state index contributed by atoms with van der Waals surface area (Å²) >= 11 is 0. The maximum absolute atomic E-state index is 5.36. The van der Waals surface area contributed by atoms with Crippen LogP contribution in [-0.4, -0.2) is 24.2 Å². The van der Waals surface area contributed by atoms with E-state index in [1.54, 1.807) is 14.2 Å². The van der Waals surface area contributed by atoms with Crippen molar-refractivity contribution in [3.8, 4) is 11.5 Å². The lowest BCUT2D eigenvalue weighted by molar-refractivity contribution is 0.410. The van der Waals surface area contributed by atoms with E-state index in [9.17, 15) is 0 Å². The highest BCUT2D eigenvalue weighted by atomic mass is 16.5. The van der Waals surface area contributed by atoms with E-state index in [1.165, 1.54) is 6.33 Å². The van der Waals surface area contributed by atoms with Crippen molar-refractivity contribution in [2.24, 2.45) is 0 Å². The molecule has 0 aliphatic heterocycles. The van der Waals surface area contributed by atoms with Crippen LogP contribution in [0.15, 0.2) is 60.9 Å². The zero-order chi connectivity index (χ0) is 17.5. The molecular weight excluding hydrogens is 316 g/mol. The Morgan fingerprint density at radius 2 is 1.72 bits per heavy atom. The first-order chi connectivity index (χ1) is 12.3. The second kappa shape index (κ2) is 8.01. The Balaban J connectivity index is 1.69. The maximum Gasteiger partial charge on any atom is 0.135 e. The van der Waals surface area contributed by atoms with Crippen LogP contribution in [0.5, 0.6) is 11.5 Å². The van der Waals surface area contributed by atoms with Gasteiger partial charge in [-0.1, -0.05) is 24.3 Å². The Hall–Kier alpha value is -3.28. The number of nitrogens with one attached hydrogen (secondary N) is 2. The average Bonchev–Trinajstić information content (AvgIpc) is 2.67. The molecule has 128 valence electrons. The molecule has 3 rings (SSSR count). The Bertz CT molecular complexity index is 839. The highest BCUT2D eigenvalue weighted by molar-refractivity contribution is 5.60. The van der Waals surface area contributed by atoms with Crippen LogP contribution in [-0.2, 0) is 6.54 Å². The third-order valence-electron chi connectivity index (χ3n) is 3.66. The van der Waals surface area contributed by atoms with Crippen molar-refractivity contribution in [3.63, 3.8) is 0 Å². The van der Waals surface area contributed by atoms with Gasteiger partial charge in [0.1, 0.15) is 29.5 Å². The summed E-state index contributed by atoms with van der Waals surface area (Å²) in [5, 5.41) is 6.53. The van der Waals surface area contributed by atoms with Crippen LogP contribution in [0.2, 0.25) is 0 Å². The third-order valence-corrected chi connectivity index (χ3v) is 3.66. The second-order valence-electron chi connectivity index (χ2n) is 5.31. The van der Waals surface area contributed by atoms with Crippen LogP contribution in [0.25, 0.3) is 0 Å². The van der Waals surface area contributed by atoms with Gasteiger partial charge in [-0.05, 0) is 18.2 Å². The number of ether oxygens (including phenoxy) is 2. The Morgan fingerprint density at radius 1 is 0.880 bits per heavy atom. The summed E-state index contributed by atoms with van der Waals surface area (Å²) in [5.74, 6) is 3.06. The van der Waals surface area contributed by atoms with E-state index in [0.29, 0.717) is 12.4 Å². The summed E-state index contributed by atoms with van der Waals surface area (Å²) in [6, 6.07) is 17.4. The summed E-state index contributed by atoms with van der Waals surface area (Å²) in [7, 11) is 3.31. The fourth-order valence-corrected chi connectivity index (χ4v) is 2.41. The molecule has 0 unspecified atom stereocenters. The van der Waals surface area contributed by atoms with Gasteiger partial charge in [0.15, 0.2) is 0 Å². The van der Waals surface area contributed by atoms with Crippen molar-refractivity contribution in [1.82, 2.24) is 9.97 Å². The molecule has 0 bridgehead atoms. The van der Waals surface area contributed by atoms with Gasteiger partial charge in [-0.3, -0.25) is 0 Å². The Kier molecular flexibility index (Phi) is 5.31. The number of rotatable bonds is 7. The quantitative estimate of drug-likeness (QED) is 0.683. The molecule has 1 aromatic heterocycles. The lowest BCUT2D eigenvalue weighted by Crippen LogP contribution is -2.04. The molecule has 3 aromatic rings. The van der Waals surface area contributed by atoms with Gasteiger partial charge in [-0.2, -0.15) is 0 Å². The predicted octanol–water partition coefficient (Wildman–Crippen LogP) is 3.85. The standard InChI is InChI=1S/C19H20N4O2/c1-24-16-8-5-7-15(10-16)23-19-11-18(21-13-22-19)20-12-14-6-3-4-9-17(14)25-2/h3-11,13H,12H2,1-2H3,(H2,20,21,22,23). The van der Waals surface area contributed by atoms with Crippen LogP contribution in [0.1, 0.15) is 5.56 Å². The predicted molar refractivity (Wildman–Crippen MR) is 98.6 cm³/mol. The Morgan fingerprint density at radius 3 is 2.56 bits per heavy atom. The van der Waals surface area contributed by atoms with E-state index in [0.717, 1.165) is 28.6 Å². The van der Waals surface area contributed by atoms with Crippen LogP contribution < -0.4 is 20.1 Å². The first kappa shape index (κ1) is 16.6. The molecule has 2 aromatic carbocycles. The van der Waals surface area contributed by atoms with Crippen molar-refractivity contribution in [2.75, 3.05) is 24.9 Å². The van der Waals surface area contributed by atoms with Gasteiger partial charge in [0.05, 0.1) is 14.2 Å². The summed E-state index contributed by atoms with van der Waals surface area (Å²) in [6.45, 7) is 0.611. The molecule has 0 spiro atoms. The number of nitrogens with zero attached hydrogens (tertiary/aromatic N) is 2. The van der Waals surface area contributed by atoms with E-state index in [1.807, 2.05) is 54.6 Å². The van der Waals surface area contributed by atoms with E-state index >= 15 is 0 Å². The molecule has 0 aliphatic rings. The van der Waals surface area contributed by atoms with Gasteiger partial charge >= 0.3 is 0 Å². The molecule has 0 atom stereocenters. The number of anilines is 3. The number of methoxy groups -OCH3 is 2. The molecule has 0 amide bonds. The molecule has 1 heterocycles. The SMILES string of the molecule is COc1cccc(Nc2cc(NCc3ccccc3OC)ncn2)c1. The second-order valence-corrected chi connectivity index (χ2v) is 5.31. The average molecular weight is 336 g/mol. The molecular formula is C19H20N4O2. The molecule has 6 nitrogen and oxygen atoms in total. The maximum atomic E-state index is 5.36. The summed E-state index contributed by atoms with van der Waals surface area (Å²) < 4.78 is 10.6. The van der Waals surface area contributed by atoms with Gasteiger partial charge in [-0.15, -0.1) is 0 Å². The van der Waals surface area contributed by atoms with Crippen LogP contribution in [0.4, 0.5) is 17.3 Å². The van der Waals surface area contributed by atoms with Crippen molar-refractivity contribution in [3.05, 3.63) is 66.5 Å².